The van der Waals surface area contributed by atoms with Gasteiger partial charge in [-0.1, -0.05) is 0 Å². The average molecular weight is 78.1 g/mol. The van der Waals surface area contributed by atoms with E-state index in [9.17, 15) is 0 Å². The van der Waals surface area contributed by atoms with E-state index in [1.807, 2.05) is 6.07 Å². The van der Waals surface area contributed by atoms with Gasteiger partial charge in [0.05, 0.1) is 6.07 Å². The standard InChI is InChI=1S/C3H4N.Na.H/c1-2-3-4;;/h1-2H2;;. The molecule has 0 aromatic rings. The van der Waals surface area contributed by atoms with Crippen LogP contribution in [0.4, 0.5) is 0 Å². The molecule has 0 aromatic heterocycles. The zero-order valence-corrected chi connectivity index (χ0v) is 2.36. The molecule has 0 aliphatic carbocycles. The Kier molecular flexibility index (Phi) is 16.0. The van der Waals surface area contributed by atoms with Gasteiger partial charge < -0.3 is 0 Å². The second-order valence-corrected chi connectivity index (χ2v) is 0.408. The molecular weight excluding hydrogens is 73.0 g/mol. The Morgan fingerprint density at radius 1 is 1.80 bits per heavy atom. The van der Waals surface area contributed by atoms with E-state index in [0.29, 0.717) is 6.42 Å². The number of nitriles is 1. The Morgan fingerprint density at radius 3 is 2.00 bits per heavy atom. The molecule has 5 heavy (non-hydrogen) atoms. The van der Waals surface area contributed by atoms with E-state index in [2.05, 4.69) is 6.92 Å². The van der Waals surface area contributed by atoms with Gasteiger partial charge in [0.1, 0.15) is 0 Å². The van der Waals surface area contributed by atoms with Crippen molar-refractivity contribution in [2.75, 3.05) is 0 Å². The van der Waals surface area contributed by atoms with E-state index in [1.165, 1.54) is 0 Å². The molecule has 0 atom stereocenters. The number of hydrogen-bond acceptors (Lipinski definition) is 1. The van der Waals surface area contributed by atoms with Crippen molar-refractivity contribution in [1.82, 2.24) is 0 Å². The van der Waals surface area contributed by atoms with Gasteiger partial charge in [-0.2, -0.15) is 5.26 Å². The van der Waals surface area contributed by atoms with Crippen LogP contribution in [0.1, 0.15) is 6.42 Å². The molecule has 0 N–H and O–H groups in total. The summed E-state index contributed by atoms with van der Waals surface area (Å²) >= 11 is 0. The number of rotatable bonds is 0. The first-order valence-electron chi connectivity index (χ1n) is 1.08. The zero-order valence-electron chi connectivity index (χ0n) is 2.36. The van der Waals surface area contributed by atoms with Crippen molar-refractivity contribution in [2.24, 2.45) is 0 Å². The first-order chi connectivity index (χ1) is 1.91. The average Bonchev–Trinajstić information content (AvgIpc) is 1.37. The molecule has 0 rings (SSSR count). The van der Waals surface area contributed by atoms with Crippen LogP contribution in [-0.2, 0) is 0 Å². The van der Waals surface area contributed by atoms with E-state index >= 15 is 0 Å². The molecule has 0 heterocycles. The molecule has 0 fully saturated rings. The minimum absolute atomic E-state index is 0. The quantitative estimate of drug-likeness (QED) is 0.376. The van der Waals surface area contributed by atoms with Crippen molar-refractivity contribution in [3.63, 3.8) is 0 Å². The molecule has 0 aliphatic rings. The summed E-state index contributed by atoms with van der Waals surface area (Å²) in [5.41, 5.74) is 0. The van der Waals surface area contributed by atoms with Crippen LogP contribution in [0.2, 0.25) is 0 Å². The fourth-order valence-corrected chi connectivity index (χ4v) is 0. The van der Waals surface area contributed by atoms with Crippen LogP contribution < -0.4 is 0 Å². The predicted molar refractivity (Wildman–Crippen MR) is 22.7 cm³/mol. The topological polar surface area (TPSA) is 23.8 Å². The monoisotopic (exact) mass is 78.0 g/mol. The van der Waals surface area contributed by atoms with Gasteiger partial charge in [-0.25, -0.2) is 0 Å². The van der Waals surface area contributed by atoms with Crippen molar-refractivity contribution in [3.8, 4) is 6.07 Å². The molecule has 23 valence electrons. The van der Waals surface area contributed by atoms with Crippen LogP contribution >= 0.6 is 0 Å². The van der Waals surface area contributed by atoms with Crippen LogP contribution in [0.15, 0.2) is 0 Å². The molecule has 0 amide bonds. The third-order valence-electron chi connectivity index (χ3n) is 0.112. The van der Waals surface area contributed by atoms with Gasteiger partial charge in [0, 0.05) is 6.42 Å². The predicted octanol–water partition coefficient (Wildman–Crippen LogP) is 0.0857. The fraction of sp³-hybridized carbons (Fsp3) is 0.333. The summed E-state index contributed by atoms with van der Waals surface area (Å²) in [6, 6.07) is 1.82. The summed E-state index contributed by atoms with van der Waals surface area (Å²) in [5, 5.41) is 7.56. The summed E-state index contributed by atoms with van der Waals surface area (Å²) in [6.07, 6.45) is 0.375. The summed E-state index contributed by atoms with van der Waals surface area (Å²) < 4.78 is 0. The Labute approximate surface area is 54.3 Å². The zero-order chi connectivity index (χ0) is 3.41. The molecule has 0 aromatic carbocycles. The third-order valence-corrected chi connectivity index (χ3v) is 0.112. The van der Waals surface area contributed by atoms with Crippen molar-refractivity contribution < 1.29 is 0 Å². The fourth-order valence-electron chi connectivity index (χ4n) is 0. The molecule has 0 unspecified atom stereocenters. The number of hydrogen-bond donors (Lipinski definition) is 0. The van der Waals surface area contributed by atoms with Crippen molar-refractivity contribution >= 4 is 29.6 Å². The summed E-state index contributed by atoms with van der Waals surface area (Å²) in [4.78, 5) is 0. The Balaban J connectivity index is 0. The van der Waals surface area contributed by atoms with Crippen molar-refractivity contribution in [1.29, 1.82) is 5.26 Å². The van der Waals surface area contributed by atoms with Gasteiger partial charge >= 0.3 is 29.6 Å². The maximum absolute atomic E-state index is 7.56. The van der Waals surface area contributed by atoms with E-state index in [4.69, 9.17) is 5.26 Å². The van der Waals surface area contributed by atoms with Gasteiger partial charge in [0.2, 0.25) is 0 Å². The molecule has 1 radical (unpaired) electrons. The second-order valence-electron chi connectivity index (χ2n) is 0.408. The molecule has 1 nitrogen and oxygen atoms in total. The SMILES string of the molecule is [CH2]CC#N.[NaH]. The first-order valence-corrected chi connectivity index (χ1v) is 1.08. The number of nitrogens with zero attached hydrogens (tertiary/aromatic N) is 1. The van der Waals surface area contributed by atoms with E-state index in [0.717, 1.165) is 0 Å². The molecule has 0 saturated heterocycles. The van der Waals surface area contributed by atoms with E-state index in [1.54, 1.807) is 0 Å². The van der Waals surface area contributed by atoms with E-state index in [-0.39, 0.29) is 29.6 Å². The molecule has 0 spiro atoms. The van der Waals surface area contributed by atoms with Crippen LogP contribution in [0.5, 0.6) is 0 Å². The normalized spacial score (nSPS) is 4.00. The summed E-state index contributed by atoms with van der Waals surface area (Å²) in [5.74, 6) is 0. The van der Waals surface area contributed by atoms with Crippen LogP contribution in [0.3, 0.4) is 0 Å². The molecule has 0 aliphatic heterocycles. The van der Waals surface area contributed by atoms with Crippen LogP contribution in [0, 0.1) is 18.3 Å². The first kappa shape index (κ1) is 9.09. The van der Waals surface area contributed by atoms with Crippen molar-refractivity contribution in [3.05, 3.63) is 6.92 Å². The van der Waals surface area contributed by atoms with E-state index < -0.39 is 0 Å². The third kappa shape index (κ3) is 12.5. The molecular formula is C3H5NNa. The van der Waals surface area contributed by atoms with Crippen LogP contribution in [0.25, 0.3) is 0 Å². The second kappa shape index (κ2) is 8.82. The van der Waals surface area contributed by atoms with Gasteiger partial charge in [-0.15, -0.1) is 0 Å². The summed E-state index contributed by atoms with van der Waals surface area (Å²) in [7, 11) is 0. The molecule has 0 bridgehead atoms. The molecule has 2 heteroatoms. The Hall–Kier alpha value is 0.490. The van der Waals surface area contributed by atoms with Crippen LogP contribution in [-0.4, -0.2) is 29.6 Å². The minimum atomic E-state index is 0. The Bertz CT molecular complexity index is 36.6. The van der Waals surface area contributed by atoms with Gasteiger partial charge in [-0.3, -0.25) is 0 Å². The van der Waals surface area contributed by atoms with Gasteiger partial charge in [0.15, 0.2) is 0 Å². The van der Waals surface area contributed by atoms with Gasteiger partial charge in [0.25, 0.3) is 0 Å². The van der Waals surface area contributed by atoms with Crippen molar-refractivity contribution in [2.45, 2.75) is 6.42 Å². The molecule has 0 saturated carbocycles. The maximum atomic E-state index is 7.56. The summed E-state index contributed by atoms with van der Waals surface area (Å²) in [6.45, 7) is 3.24. The Morgan fingerprint density at radius 2 is 2.00 bits per heavy atom. The van der Waals surface area contributed by atoms with Gasteiger partial charge in [-0.05, 0) is 6.92 Å².